The second-order valence-electron chi connectivity index (χ2n) is 7.20. The average Bonchev–Trinajstić information content (AvgIpc) is 2.87. The molecular weight excluding hydrogens is 288 g/mol. The van der Waals surface area contributed by atoms with Crippen LogP contribution < -0.4 is 0 Å². The standard InChI is InChI=1S/C19H26N2O2/c1-14-5-3-7-16(9-14)12-21-13-17(10-18(21)22)19(23)20-8-4-6-15(2)11-20/h3,5,7,9,15,17H,4,6,8,10-13H2,1-2H3. The molecule has 1 aromatic rings. The van der Waals surface area contributed by atoms with Crippen LogP contribution in [0.4, 0.5) is 0 Å². The fraction of sp³-hybridized carbons (Fsp3) is 0.579. The number of amides is 2. The van der Waals surface area contributed by atoms with E-state index < -0.39 is 0 Å². The Bertz CT molecular complexity index is 599. The zero-order chi connectivity index (χ0) is 16.4. The third-order valence-corrected chi connectivity index (χ3v) is 4.99. The molecule has 2 aliphatic rings. The number of aryl methyl sites for hydroxylation is 1. The molecular formula is C19H26N2O2. The number of likely N-dealkylation sites (tertiary alicyclic amines) is 2. The summed E-state index contributed by atoms with van der Waals surface area (Å²) in [5.74, 6) is 0.706. The summed E-state index contributed by atoms with van der Waals surface area (Å²) in [5, 5.41) is 0. The molecule has 2 atom stereocenters. The van der Waals surface area contributed by atoms with Gasteiger partial charge in [-0.1, -0.05) is 36.8 Å². The summed E-state index contributed by atoms with van der Waals surface area (Å²) in [6.07, 6.45) is 2.66. The van der Waals surface area contributed by atoms with Gasteiger partial charge in [0, 0.05) is 32.6 Å². The highest BCUT2D eigenvalue weighted by molar-refractivity contribution is 5.89. The maximum Gasteiger partial charge on any atom is 0.228 e. The molecule has 0 aliphatic carbocycles. The highest BCUT2D eigenvalue weighted by atomic mass is 16.2. The first kappa shape index (κ1) is 16.0. The van der Waals surface area contributed by atoms with Gasteiger partial charge >= 0.3 is 0 Å². The van der Waals surface area contributed by atoms with Crippen molar-refractivity contribution in [2.75, 3.05) is 19.6 Å². The van der Waals surface area contributed by atoms with E-state index in [2.05, 4.69) is 26.0 Å². The Morgan fingerprint density at radius 2 is 2.13 bits per heavy atom. The number of piperidine rings is 1. The minimum Gasteiger partial charge on any atom is -0.342 e. The summed E-state index contributed by atoms with van der Waals surface area (Å²) in [6.45, 7) is 7.13. The van der Waals surface area contributed by atoms with E-state index >= 15 is 0 Å². The molecule has 3 rings (SSSR count). The molecule has 0 radical (unpaired) electrons. The Morgan fingerprint density at radius 3 is 2.87 bits per heavy atom. The van der Waals surface area contributed by atoms with Crippen molar-refractivity contribution in [2.45, 2.75) is 39.7 Å². The maximum absolute atomic E-state index is 12.7. The van der Waals surface area contributed by atoms with E-state index in [9.17, 15) is 9.59 Å². The van der Waals surface area contributed by atoms with Crippen LogP contribution in [-0.2, 0) is 16.1 Å². The van der Waals surface area contributed by atoms with E-state index in [4.69, 9.17) is 0 Å². The lowest BCUT2D eigenvalue weighted by molar-refractivity contribution is -0.137. The van der Waals surface area contributed by atoms with Gasteiger partial charge < -0.3 is 9.80 Å². The number of carbonyl (C=O) groups excluding carboxylic acids is 2. The molecule has 4 nitrogen and oxygen atoms in total. The molecule has 2 fully saturated rings. The second kappa shape index (κ2) is 6.73. The molecule has 0 N–H and O–H groups in total. The fourth-order valence-corrected chi connectivity index (χ4v) is 3.77. The van der Waals surface area contributed by atoms with E-state index in [1.54, 1.807) is 0 Å². The van der Waals surface area contributed by atoms with Gasteiger partial charge in [-0.25, -0.2) is 0 Å². The minimum absolute atomic E-state index is 0.106. The normalized spacial score (nSPS) is 25.0. The minimum atomic E-state index is -0.155. The monoisotopic (exact) mass is 314 g/mol. The van der Waals surface area contributed by atoms with E-state index in [1.807, 2.05) is 21.9 Å². The highest BCUT2D eigenvalue weighted by Gasteiger charge is 2.37. The van der Waals surface area contributed by atoms with Crippen LogP contribution in [0, 0.1) is 18.8 Å². The summed E-state index contributed by atoms with van der Waals surface area (Å²) < 4.78 is 0. The summed E-state index contributed by atoms with van der Waals surface area (Å²) >= 11 is 0. The highest BCUT2D eigenvalue weighted by Crippen LogP contribution is 2.25. The van der Waals surface area contributed by atoms with E-state index in [1.165, 1.54) is 12.0 Å². The van der Waals surface area contributed by atoms with Crippen LogP contribution in [0.25, 0.3) is 0 Å². The van der Waals surface area contributed by atoms with Crippen LogP contribution in [0.15, 0.2) is 24.3 Å². The zero-order valence-corrected chi connectivity index (χ0v) is 14.1. The molecule has 23 heavy (non-hydrogen) atoms. The maximum atomic E-state index is 12.7. The lowest BCUT2D eigenvalue weighted by atomic mass is 9.98. The van der Waals surface area contributed by atoms with Crippen LogP contribution in [0.5, 0.6) is 0 Å². The van der Waals surface area contributed by atoms with Gasteiger partial charge in [-0.2, -0.15) is 0 Å². The zero-order valence-electron chi connectivity index (χ0n) is 14.1. The third kappa shape index (κ3) is 3.74. The molecule has 2 unspecified atom stereocenters. The molecule has 0 spiro atoms. The second-order valence-corrected chi connectivity index (χ2v) is 7.20. The molecule has 0 saturated carbocycles. The lowest BCUT2D eigenvalue weighted by Crippen LogP contribution is -2.43. The summed E-state index contributed by atoms with van der Waals surface area (Å²) in [5.41, 5.74) is 2.34. The van der Waals surface area contributed by atoms with Crippen molar-refractivity contribution in [3.8, 4) is 0 Å². The van der Waals surface area contributed by atoms with Crippen molar-refractivity contribution in [2.24, 2.45) is 11.8 Å². The van der Waals surface area contributed by atoms with Crippen molar-refractivity contribution in [3.05, 3.63) is 35.4 Å². The van der Waals surface area contributed by atoms with E-state index in [-0.39, 0.29) is 17.7 Å². The number of benzene rings is 1. The number of nitrogens with zero attached hydrogens (tertiary/aromatic N) is 2. The van der Waals surface area contributed by atoms with Crippen LogP contribution in [0.2, 0.25) is 0 Å². The van der Waals surface area contributed by atoms with Gasteiger partial charge in [-0.15, -0.1) is 0 Å². The molecule has 1 aromatic carbocycles. The molecule has 2 saturated heterocycles. The molecule has 0 bridgehead atoms. The van der Waals surface area contributed by atoms with Gasteiger partial charge in [0.25, 0.3) is 0 Å². The first-order chi connectivity index (χ1) is 11.0. The largest absolute Gasteiger partial charge is 0.342 e. The van der Waals surface area contributed by atoms with Gasteiger partial charge in [-0.05, 0) is 31.2 Å². The van der Waals surface area contributed by atoms with Gasteiger partial charge in [0.1, 0.15) is 0 Å². The van der Waals surface area contributed by atoms with Crippen molar-refractivity contribution in [3.63, 3.8) is 0 Å². The number of rotatable bonds is 3. The van der Waals surface area contributed by atoms with Crippen LogP contribution in [-0.4, -0.2) is 41.2 Å². The SMILES string of the molecule is Cc1cccc(CN2CC(C(=O)N3CCCC(C)C3)CC2=O)c1. The molecule has 2 heterocycles. The average molecular weight is 314 g/mol. The number of hydrogen-bond acceptors (Lipinski definition) is 2. The van der Waals surface area contributed by atoms with Gasteiger partial charge in [0.15, 0.2) is 0 Å². The Balaban J connectivity index is 1.61. The van der Waals surface area contributed by atoms with Crippen LogP contribution in [0.1, 0.15) is 37.3 Å². The Hall–Kier alpha value is -1.84. The number of hydrogen-bond donors (Lipinski definition) is 0. The summed E-state index contributed by atoms with van der Waals surface area (Å²) in [6, 6.07) is 8.22. The lowest BCUT2D eigenvalue weighted by Gasteiger charge is -2.32. The van der Waals surface area contributed by atoms with Crippen molar-refractivity contribution < 1.29 is 9.59 Å². The van der Waals surface area contributed by atoms with Crippen molar-refractivity contribution in [1.82, 2.24) is 9.80 Å². The Morgan fingerprint density at radius 1 is 1.30 bits per heavy atom. The Labute approximate surface area is 138 Å². The first-order valence-electron chi connectivity index (χ1n) is 8.65. The Kier molecular flexibility index (Phi) is 4.69. The van der Waals surface area contributed by atoms with Crippen LogP contribution >= 0.6 is 0 Å². The summed E-state index contributed by atoms with van der Waals surface area (Å²) in [7, 11) is 0. The van der Waals surface area contributed by atoms with Crippen molar-refractivity contribution in [1.29, 1.82) is 0 Å². The van der Waals surface area contributed by atoms with E-state index in [0.29, 0.717) is 25.4 Å². The summed E-state index contributed by atoms with van der Waals surface area (Å²) in [4.78, 5) is 28.8. The molecule has 4 heteroatoms. The van der Waals surface area contributed by atoms with E-state index in [0.717, 1.165) is 25.1 Å². The molecule has 2 aliphatic heterocycles. The predicted molar refractivity (Wildman–Crippen MR) is 89.7 cm³/mol. The topological polar surface area (TPSA) is 40.6 Å². The quantitative estimate of drug-likeness (QED) is 0.860. The molecule has 2 amide bonds. The predicted octanol–water partition coefficient (Wildman–Crippen LogP) is 2.60. The van der Waals surface area contributed by atoms with Crippen LogP contribution in [0.3, 0.4) is 0 Å². The molecule has 0 aromatic heterocycles. The van der Waals surface area contributed by atoms with Gasteiger partial charge in [-0.3, -0.25) is 9.59 Å². The smallest absolute Gasteiger partial charge is 0.228 e. The van der Waals surface area contributed by atoms with Gasteiger partial charge in [0.2, 0.25) is 11.8 Å². The van der Waals surface area contributed by atoms with Crippen molar-refractivity contribution >= 4 is 11.8 Å². The number of carbonyl (C=O) groups is 2. The first-order valence-corrected chi connectivity index (χ1v) is 8.65. The van der Waals surface area contributed by atoms with Gasteiger partial charge in [0.05, 0.1) is 5.92 Å². The molecule has 124 valence electrons. The third-order valence-electron chi connectivity index (χ3n) is 4.99. The fourth-order valence-electron chi connectivity index (χ4n) is 3.77.